The third kappa shape index (κ3) is 4.77. The Hall–Kier alpha value is -0.870. The minimum Gasteiger partial charge on any atom is -0.352 e. The van der Waals surface area contributed by atoms with Gasteiger partial charge < -0.3 is 10.6 Å². The van der Waals surface area contributed by atoms with Crippen LogP contribution in [0.4, 0.5) is 0 Å². The van der Waals surface area contributed by atoms with Gasteiger partial charge in [-0.15, -0.1) is 11.3 Å². The molecule has 1 aromatic heterocycles. The molecule has 1 heterocycles. The average Bonchev–Trinajstić information content (AvgIpc) is 2.79. The number of carbonyl (C=O) groups excluding carboxylic acids is 1. The zero-order valence-electron chi connectivity index (χ0n) is 9.95. The maximum atomic E-state index is 11.5. The van der Waals surface area contributed by atoms with Crippen LogP contribution in [0.1, 0.15) is 31.6 Å². The molecule has 0 aliphatic heterocycles. The third-order valence-electron chi connectivity index (χ3n) is 2.52. The summed E-state index contributed by atoms with van der Waals surface area (Å²) in [5.41, 5.74) is 0. The van der Waals surface area contributed by atoms with Gasteiger partial charge in [0.25, 0.3) is 0 Å². The van der Waals surface area contributed by atoms with Crippen LogP contribution in [0.2, 0.25) is 0 Å². The minimum atomic E-state index is 0.0882. The quantitative estimate of drug-likeness (QED) is 0.766. The second-order valence-corrected chi connectivity index (χ2v) is 4.80. The summed E-state index contributed by atoms with van der Waals surface area (Å²) < 4.78 is 0. The smallest absolute Gasteiger partial charge is 0.234 e. The molecule has 0 spiro atoms. The molecule has 16 heavy (non-hydrogen) atoms. The lowest BCUT2D eigenvalue weighted by Gasteiger charge is -2.14. The third-order valence-corrected chi connectivity index (χ3v) is 3.39. The molecular weight excluding hydrogens is 220 g/mol. The molecule has 90 valence electrons. The van der Waals surface area contributed by atoms with Crippen molar-refractivity contribution in [3.05, 3.63) is 22.4 Å². The van der Waals surface area contributed by atoms with Crippen molar-refractivity contribution in [3.63, 3.8) is 0 Å². The molecule has 0 unspecified atom stereocenters. The lowest BCUT2D eigenvalue weighted by Crippen LogP contribution is -2.39. The van der Waals surface area contributed by atoms with Gasteiger partial charge in [0.1, 0.15) is 0 Å². The van der Waals surface area contributed by atoms with Gasteiger partial charge in [-0.1, -0.05) is 19.9 Å². The predicted molar refractivity (Wildman–Crippen MR) is 68.5 cm³/mol. The van der Waals surface area contributed by atoms with Crippen LogP contribution in [0.5, 0.6) is 0 Å². The Morgan fingerprint density at radius 2 is 2.19 bits per heavy atom. The van der Waals surface area contributed by atoms with Crippen LogP contribution in [-0.4, -0.2) is 18.5 Å². The van der Waals surface area contributed by atoms with Gasteiger partial charge in [0.15, 0.2) is 0 Å². The van der Waals surface area contributed by atoms with E-state index in [9.17, 15) is 4.79 Å². The van der Waals surface area contributed by atoms with E-state index >= 15 is 0 Å². The van der Waals surface area contributed by atoms with Crippen molar-refractivity contribution in [2.45, 2.75) is 39.3 Å². The Morgan fingerprint density at radius 3 is 2.75 bits per heavy atom. The number of carbonyl (C=O) groups is 1. The second kappa shape index (κ2) is 7.41. The first-order valence-corrected chi connectivity index (χ1v) is 6.66. The fraction of sp³-hybridized carbons (Fsp3) is 0.583. The van der Waals surface area contributed by atoms with Gasteiger partial charge in [0.05, 0.1) is 6.54 Å². The summed E-state index contributed by atoms with van der Waals surface area (Å²) in [6, 6.07) is 4.40. The highest BCUT2D eigenvalue weighted by Crippen LogP contribution is 2.06. The van der Waals surface area contributed by atoms with Gasteiger partial charge >= 0.3 is 0 Å². The summed E-state index contributed by atoms with van der Waals surface area (Å²) in [4.78, 5) is 12.8. The average molecular weight is 240 g/mol. The van der Waals surface area contributed by atoms with E-state index in [-0.39, 0.29) is 5.91 Å². The lowest BCUT2D eigenvalue weighted by atomic mass is 10.2. The second-order valence-electron chi connectivity index (χ2n) is 3.76. The summed E-state index contributed by atoms with van der Waals surface area (Å²) in [7, 11) is 0. The van der Waals surface area contributed by atoms with E-state index in [2.05, 4.69) is 30.5 Å². The van der Waals surface area contributed by atoms with Gasteiger partial charge in [0.2, 0.25) is 5.91 Å². The van der Waals surface area contributed by atoms with Crippen LogP contribution in [0.15, 0.2) is 17.5 Å². The molecular formula is C12H20N2OS. The van der Waals surface area contributed by atoms with Crippen LogP contribution < -0.4 is 10.6 Å². The molecule has 0 saturated carbocycles. The summed E-state index contributed by atoms with van der Waals surface area (Å²) >= 11 is 1.70. The van der Waals surface area contributed by atoms with E-state index in [1.807, 2.05) is 11.4 Å². The number of hydrogen-bond donors (Lipinski definition) is 2. The summed E-state index contributed by atoms with van der Waals surface area (Å²) in [5.74, 6) is 0.0882. The molecule has 0 fully saturated rings. The van der Waals surface area contributed by atoms with Crippen molar-refractivity contribution < 1.29 is 4.79 Å². The molecule has 1 aromatic rings. The molecule has 0 aromatic carbocycles. The van der Waals surface area contributed by atoms with E-state index in [4.69, 9.17) is 0 Å². The Bertz CT molecular complexity index is 294. The van der Waals surface area contributed by atoms with Gasteiger partial charge in [-0.25, -0.2) is 0 Å². The Kier molecular flexibility index (Phi) is 6.11. The van der Waals surface area contributed by atoms with Crippen molar-refractivity contribution in [2.24, 2.45) is 0 Å². The minimum absolute atomic E-state index is 0.0882. The van der Waals surface area contributed by atoms with Gasteiger partial charge in [-0.2, -0.15) is 0 Å². The first-order valence-electron chi connectivity index (χ1n) is 5.78. The molecule has 1 amide bonds. The molecule has 0 radical (unpaired) electrons. The van der Waals surface area contributed by atoms with Crippen LogP contribution in [-0.2, 0) is 11.3 Å². The van der Waals surface area contributed by atoms with E-state index in [1.54, 1.807) is 11.3 Å². The van der Waals surface area contributed by atoms with Crippen molar-refractivity contribution in [1.82, 2.24) is 10.6 Å². The topological polar surface area (TPSA) is 41.1 Å². The molecule has 0 aliphatic carbocycles. The largest absolute Gasteiger partial charge is 0.352 e. The van der Waals surface area contributed by atoms with Gasteiger partial charge in [-0.3, -0.25) is 4.79 Å². The van der Waals surface area contributed by atoms with Crippen molar-refractivity contribution in [2.75, 3.05) is 6.54 Å². The Balaban J connectivity index is 2.15. The molecule has 3 nitrogen and oxygen atoms in total. The lowest BCUT2D eigenvalue weighted by molar-refractivity contribution is -0.121. The van der Waals surface area contributed by atoms with Gasteiger partial charge in [-0.05, 0) is 24.3 Å². The Labute approximate surface area is 101 Å². The van der Waals surface area contributed by atoms with Crippen LogP contribution in [0, 0.1) is 0 Å². The maximum Gasteiger partial charge on any atom is 0.234 e. The highest BCUT2D eigenvalue weighted by Gasteiger charge is 2.07. The van der Waals surface area contributed by atoms with E-state index < -0.39 is 0 Å². The molecule has 0 atom stereocenters. The number of hydrogen-bond acceptors (Lipinski definition) is 3. The fourth-order valence-electron chi connectivity index (χ4n) is 1.48. The molecule has 1 rings (SSSR count). The summed E-state index contributed by atoms with van der Waals surface area (Å²) in [6.45, 7) is 5.35. The van der Waals surface area contributed by atoms with E-state index in [1.165, 1.54) is 4.88 Å². The monoisotopic (exact) mass is 240 g/mol. The molecule has 0 aliphatic rings. The normalized spacial score (nSPS) is 10.7. The van der Waals surface area contributed by atoms with Crippen molar-refractivity contribution in [3.8, 4) is 0 Å². The van der Waals surface area contributed by atoms with Crippen LogP contribution in [0.3, 0.4) is 0 Å². The predicted octanol–water partition coefficient (Wildman–Crippen LogP) is 2.14. The summed E-state index contributed by atoms with van der Waals surface area (Å²) in [5, 5.41) is 8.18. The van der Waals surface area contributed by atoms with Crippen molar-refractivity contribution in [1.29, 1.82) is 0 Å². The first kappa shape index (κ1) is 13.2. The molecule has 4 heteroatoms. The number of amides is 1. The summed E-state index contributed by atoms with van der Waals surface area (Å²) in [6.07, 6.45) is 1.99. The Morgan fingerprint density at radius 1 is 1.44 bits per heavy atom. The molecule has 0 saturated heterocycles. The first-order chi connectivity index (χ1) is 7.76. The number of rotatable bonds is 7. The zero-order valence-corrected chi connectivity index (χ0v) is 10.8. The maximum absolute atomic E-state index is 11.5. The van der Waals surface area contributed by atoms with Gasteiger partial charge in [0, 0.05) is 17.5 Å². The SMILES string of the molecule is CCC(CC)NC(=O)CNCc1cccs1. The fourth-order valence-corrected chi connectivity index (χ4v) is 2.16. The number of thiophene rings is 1. The van der Waals surface area contributed by atoms with E-state index in [0.717, 1.165) is 19.4 Å². The van der Waals surface area contributed by atoms with Crippen LogP contribution in [0.25, 0.3) is 0 Å². The highest BCUT2D eigenvalue weighted by atomic mass is 32.1. The molecule has 0 bridgehead atoms. The van der Waals surface area contributed by atoms with E-state index in [0.29, 0.717) is 12.6 Å². The number of nitrogens with one attached hydrogen (secondary N) is 2. The zero-order chi connectivity index (χ0) is 11.8. The highest BCUT2D eigenvalue weighted by molar-refractivity contribution is 7.09. The van der Waals surface area contributed by atoms with Crippen molar-refractivity contribution >= 4 is 17.2 Å². The standard InChI is InChI=1S/C12H20N2OS/c1-3-10(4-2)14-12(15)9-13-8-11-6-5-7-16-11/h5-7,10,13H,3-4,8-9H2,1-2H3,(H,14,15). The van der Waals surface area contributed by atoms with Crippen LogP contribution >= 0.6 is 11.3 Å². The molecule has 2 N–H and O–H groups in total.